The number of ether oxygens (including phenoxy) is 2. The van der Waals surface area contributed by atoms with Crippen LogP contribution >= 0.6 is 15.9 Å². The molecule has 0 aliphatic rings. The summed E-state index contributed by atoms with van der Waals surface area (Å²) in [6.07, 6.45) is 3.80. The molecule has 0 aliphatic carbocycles. The van der Waals surface area contributed by atoms with Crippen molar-refractivity contribution in [2.24, 2.45) is 0 Å². The van der Waals surface area contributed by atoms with Crippen molar-refractivity contribution in [2.75, 3.05) is 0 Å². The number of esters is 1. The van der Waals surface area contributed by atoms with E-state index in [1.165, 1.54) is 0 Å². The normalized spacial score (nSPS) is 12.5. The zero-order valence-electron chi connectivity index (χ0n) is 18.7. The van der Waals surface area contributed by atoms with E-state index in [9.17, 15) is 9.59 Å². The third-order valence-electron chi connectivity index (χ3n) is 4.47. The molecule has 0 bridgehead atoms. The molecule has 0 radical (unpaired) electrons. The molecule has 3 rings (SSSR count). The summed E-state index contributed by atoms with van der Waals surface area (Å²) in [5.41, 5.74) is 2.10. The molecular formula is C25H26AsBrN2O4. The van der Waals surface area contributed by atoms with Gasteiger partial charge in [-0.2, -0.15) is 0 Å². The Morgan fingerprint density at radius 2 is 1.61 bits per heavy atom. The first-order chi connectivity index (χ1) is 15.7. The van der Waals surface area contributed by atoms with E-state index < -0.39 is 26.1 Å². The Morgan fingerprint density at radius 1 is 0.970 bits per heavy atom. The SMILES string of the molecule is CC(C)(C)OC(=O)C(Cc1ccc(-c2ncc(Br)cn2)cc1)[AsH]C(=O)OCc1ccccc1. The summed E-state index contributed by atoms with van der Waals surface area (Å²) in [7, 11) is 0. The van der Waals surface area contributed by atoms with Crippen LogP contribution in [0.2, 0.25) is 4.71 Å². The standard InChI is InChI=1S/C25H26AsBrN2O4/c1-25(2,3)33-23(30)21(26-24(31)32-16-18-7-5-4-6-8-18)13-17-9-11-19(12-10-17)22-28-14-20(27)15-29-22/h4-12,14-15,21,26H,13,16H2,1-3H3. The summed E-state index contributed by atoms with van der Waals surface area (Å²) in [6.45, 7) is 5.67. The first-order valence-corrected chi connectivity index (χ1v) is 13.5. The van der Waals surface area contributed by atoms with Crippen molar-refractivity contribution >= 4 is 42.4 Å². The van der Waals surface area contributed by atoms with Gasteiger partial charge in [0.25, 0.3) is 0 Å². The van der Waals surface area contributed by atoms with Gasteiger partial charge >= 0.3 is 210 Å². The molecule has 2 atom stereocenters. The van der Waals surface area contributed by atoms with E-state index in [0.717, 1.165) is 21.2 Å². The Hall–Kier alpha value is -2.50. The quantitative estimate of drug-likeness (QED) is 0.267. The molecule has 2 aromatic carbocycles. The predicted octanol–water partition coefficient (Wildman–Crippen LogP) is 5.35. The predicted molar refractivity (Wildman–Crippen MR) is 132 cm³/mol. The number of halogens is 1. The first-order valence-electron chi connectivity index (χ1n) is 10.5. The number of benzene rings is 2. The van der Waals surface area contributed by atoms with Crippen LogP contribution < -0.4 is 0 Å². The summed E-state index contributed by atoms with van der Waals surface area (Å²) in [6, 6.07) is 17.2. The Kier molecular flexibility index (Phi) is 8.81. The van der Waals surface area contributed by atoms with Crippen LogP contribution in [0.4, 0.5) is 4.79 Å². The second-order valence-corrected chi connectivity index (χ2v) is 12.3. The number of hydrogen-bond donors (Lipinski definition) is 0. The molecule has 0 saturated heterocycles. The second-order valence-electron chi connectivity index (χ2n) is 8.42. The molecule has 8 heteroatoms. The molecular weight excluding hydrogens is 547 g/mol. The van der Waals surface area contributed by atoms with Crippen molar-refractivity contribution in [3.63, 3.8) is 0 Å². The van der Waals surface area contributed by atoms with Crippen LogP contribution in [0.3, 0.4) is 0 Å². The topological polar surface area (TPSA) is 78.4 Å². The van der Waals surface area contributed by atoms with Crippen LogP contribution in [0.15, 0.2) is 71.5 Å². The second kappa shape index (κ2) is 11.6. The zero-order chi connectivity index (χ0) is 23.8. The van der Waals surface area contributed by atoms with Crippen LogP contribution in [0.1, 0.15) is 31.9 Å². The summed E-state index contributed by atoms with van der Waals surface area (Å²) in [5, 5.41) is 0. The van der Waals surface area contributed by atoms with Gasteiger partial charge < -0.3 is 0 Å². The third kappa shape index (κ3) is 8.41. The molecule has 6 nitrogen and oxygen atoms in total. The molecule has 33 heavy (non-hydrogen) atoms. The number of aromatic nitrogens is 2. The molecule has 0 fully saturated rings. The zero-order valence-corrected chi connectivity index (χ0v) is 22.4. The number of carbonyl (C=O) groups is 2. The van der Waals surface area contributed by atoms with Gasteiger partial charge in [-0.25, -0.2) is 0 Å². The van der Waals surface area contributed by atoms with E-state index in [-0.39, 0.29) is 17.3 Å². The van der Waals surface area contributed by atoms with Crippen molar-refractivity contribution in [1.82, 2.24) is 9.97 Å². The molecule has 0 aliphatic heterocycles. The Morgan fingerprint density at radius 3 is 2.21 bits per heavy atom. The Balaban J connectivity index is 1.68. The molecule has 0 N–H and O–H groups in total. The van der Waals surface area contributed by atoms with Crippen LogP contribution in [0.5, 0.6) is 0 Å². The number of nitrogens with zero attached hydrogens (tertiary/aromatic N) is 2. The van der Waals surface area contributed by atoms with Gasteiger partial charge in [0.2, 0.25) is 0 Å². The molecule has 2 unspecified atom stereocenters. The van der Waals surface area contributed by atoms with E-state index >= 15 is 0 Å². The molecule has 0 amide bonds. The van der Waals surface area contributed by atoms with Crippen LogP contribution in [-0.4, -0.2) is 42.0 Å². The van der Waals surface area contributed by atoms with E-state index in [0.29, 0.717) is 12.2 Å². The van der Waals surface area contributed by atoms with Crippen LogP contribution in [0, 0.1) is 0 Å². The monoisotopic (exact) mass is 572 g/mol. The molecule has 0 spiro atoms. The average molecular weight is 573 g/mol. The minimum atomic E-state index is -1.41. The van der Waals surface area contributed by atoms with Gasteiger partial charge in [0.1, 0.15) is 0 Å². The van der Waals surface area contributed by atoms with E-state index in [1.807, 2.05) is 75.4 Å². The van der Waals surface area contributed by atoms with Gasteiger partial charge in [-0.3, -0.25) is 0 Å². The van der Waals surface area contributed by atoms with Crippen molar-refractivity contribution in [3.05, 3.63) is 82.6 Å². The summed E-state index contributed by atoms with van der Waals surface area (Å²) >= 11 is 1.92. The van der Waals surface area contributed by atoms with Gasteiger partial charge in [-0.15, -0.1) is 0 Å². The number of rotatable bonds is 8. The molecule has 3 aromatic rings. The van der Waals surface area contributed by atoms with Gasteiger partial charge in [-0.05, 0) is 0 Å². The molecule has 1 aromatic heterocycles. The van der Waals surface area contributed by atoms with Crippen molar-refractivity contribution in [1.29, 1.82) is 0 Å². The number of hydrogen-bond acceptors (Lipinski definition) is 6. The molecule has 172 valence electrons. The Labute approximate surface area is 208 Å². The van der Waals surface area contributed by atoms with Crippen LogP contribution in [-0.2, 0) is 27.3 Å². The molecule has 1 heterocycles. The Bertz CT molecular complexity index is 1070. The van der Waals surface area contributed by atoms with Gasteiger partial charge in [0, 0.05) is 0 Å². The maximum absolute atomic E-state index is 12.9. The van der Waals surface area contributed by atoms with Gasteiger partial charge in [0.15, 0.2) is 0 Å². The van der Waals surface area contributed by atoms with Crippen molar-refractivity contribution < 1.29 is 19.1 Å². The van der Waals surface area contributed by atoms with E-state index in [4.69, 9.17) is 9.47 Å². The van der Waals surface area contributed by atoms with Crippen LogP contribution in [0.25, 0.3) is 11.4 Å². The van der Waals surface area contributed by atoms with E-state index in [2.05, 4.69) is 25.9 Å². The van der Waals surface area contributed by atoms with Gasteiger partial charge in [0.05, 0.1) is 0 Å². The fourth-order valence-corrected chi connectivity index (χ4v) is 5.17. The third-order valence-corrected chi connectivity index (χ3v) is 7.33. The summed E-state index contributed by atoms with van der Waals surface area (Å²) < 4.78 is 11.0. The van der Waals surface area contributed by atoms with Crippen molar-refractivity contribution in [3.8, 4) is 11.4 Å². The molecule has 0 saturated carbocycles. The fraction of sp³-hybridized carbons (Fsp3) is 0.280. The number of carbonyl (C=O) groups excluding carboxylic acids is 2. The fourth-order valence-electron chi connectivity index (χ4n) is 2.96. The van der Waals surface area contributed by atoms with Crippen molar-refractivity contribution in [2.45, 2.75) is 44.1 Å². The van der Waals surface area contributed by atoms with E-state index in [1.54, 1.807) is 12.4 Å². The maximum atomic E-state index is 12.9. The first kappa shape index (κ1) is 25.1. The van der Waals surface area contributed by atoms with Gasteiger partial charge in [-0.1, -0.05) is 0 Å². The summed E-state index contributed by atoms with van der Waals surface area (Å²) in [4.78, 5) is 34.0. The average Bonchev–Trinajstić information content (AvgIpc) is 2.78. The minimum absolute atomic E-state index is 0.200. The summed E-state index contributed by atoms with van der Waals surface area (Å²) in [5.74, 6) is 0.255.